The molecule has 2 unspecified atom stereocenters. The monoisotopic (exact) mass is 646 g/mol. The second kappa shape index (κ2) is 14.8. The van der Waals surface area contributed by atoms with Gasteiger partial charge in [-0.25, -0.2) is 17.6 Å². The molecule has 38 heavy (non-hydrogen) atoms. The zero-order valence-electron chi connectivity index (χ0n) is 20.3. The van der Waals surface area contributed by atoms with E-state index in [1.807, 2.05) is 17.8 Å². The number of aryl methyl sites for hydroxylation is 2. The highest BCUT2D eigenvalue weighted by Gasteiger charge is 2.49. The summed E-state index contributed by atoms with van der Waals surface area (Å²) < 4.78 is 156. The van der Waals surface area contributed by atoms with Crippen molar-refractivity contribution in [3.63, 3.8) is 0 Å². The molecular weight excluding hydrogens is 612 g/mol. The van der Waals surface area contributed by atoms with Crippen LogP contribution in [0, 0.1) is 0 Å². The van der Waals surface area contributed by atoms with Crippen LogP contribution in [0.25, 0.3) is 0 Å². The number of unbranched alkanes of at least 4 members (excludes halogenated alkanes) is 2. The molecule has 0 aliphatic heterocycles. The van der Waals surface area contributed by atoms with Crippen LogP contribution in [-0.2, 0) is 53.5 Å². The summed E-state index contributed by atoms with van der Waals surface area (Å²) >= 11 is 0. The molecule has 0 spiro atoms. The maximum atomic E-state index is 12.6. The number of halogens is 6. The number of nitrogens with one attached hydrogen (secondary N) is 1. The fourth-order valence-corrected chi connectivity index (χ4v) is 10.4. The minimum absolute atomic E-state index is 0. The number of hydrogen-bond donors (Lipinski definition) is 1. The van der Waals surface area contributed by atoms with Crippen molar-refractivity contribution in [2.24, 2.45) is 14.6 Å². The molecule has 1 heterocycles. The van der Waals surface area contributed by atoms with Crippen LogP contribution in [0.5, 0.6) is 0 Å². The van der Waals surface area contributed by atoms with Crippen molar-refractivity contribution >= 4 is 39.9 Å². The summed E-state index contributed by atoms with van der Waals surface area (Å²) in [5.41, 5.74) is -12.0. The number of nitrogens with zero attached hydrogens (tertiary/aromatic N) is 4. The van der Waals surface area contributed by atoms with E-state index in [0.29, 0.717) is 0 Å². The lowest BCUT2D eigenvalue weighted by Crippen LogP contribution is -2.37. The molecule has 1 rings (SSSR count). The molecule has 1 aromatic heterocycles. The molecule has 228 valence electrons. The average molecular weight is 647 g/mol. The Balaban J connectivity index is 0. The largest absolute Gasteiger partial charge is 0.519 e. The van der Waals surface area contributed by atoms with Crippen LogP contribution < -0.4 is 8.69 Å². The number of imidazole rings is 1. The Hall–Kier alpha value is -1.45. The van der Waals surface area contributed by atoms with E-state index >= 15 is 0 Å². The molecule has 0 saturated carbocycles. The summed E-state index contributed by atoms with van der Waals surface area (Å²) in [6.07, 6.45) is 5.93. The summed E-state index contributed by atoms with van der Waals surface area (Å²) in [6, 6.07) is 0. The molecule has 0 fully saturated rings. The van der Waals surface area contributed by atoms with Crippen LogP contribution >= 0.6 is 0 Å². The molecule has 0 amide bonds. The standard InChI is InChI=1S/C10H19F6N3O6S4.C6H11N2.CH4/c1-3-5-7-26(20,18-28(22,23)9(11,12)13)17-27(21,8-6-4-2)19-29(24,25)10(14,15)16;1-3-8-5-4-7(2)6-8;/h3-8H2,1-2H3,(H,17,18,19,20,21);4-6H,3H2,1-2H3;1H4/q;+1;. The summed E-state index contributed by atoms with van der Waals surface area (Å²) in [6.45, 7) is 6.08. The minimum Gasteiger partial charge on any atom is -0.240 e. The van der Waals surface area contributed by atoms with Gasteiger partial charge in [-0.15, -0.1) is 4.13 Å². The van der Waals surface area contributed by atoms with E-state index in [9.17, 15) is 51.6 Å². The molecule has 1 aromatic rings. The second-order valence-corrected chi connectivity index (χ2v) is 15.4. The van der Waals surface area contributed by atoms with Gasteiger partial charge >= 0.3 is 31.1 Å². The SMILES string of the molecule is C.CCCCS(=O)(=NS(=O)(=O)C(F)(F)F)NS(=O)(CCCC)=NS(=O)(=O)C(F)(F)F.CCn1cc[n+](C)c1. The maximum absolute atomic E-state index is 12.6. The third kappa shape index (κ3) is 12.6. The highest BCUT2D eigenvalue weighted by Crippen LogP contribution is 2.28. The Morgan fingerprint density at radius 2 is 1.16 bits per heavy atom. The number of aromatic nitrogens is 2. The molecular formula is C17H34F6N5O6S4+. The first-order valence-electron chi connectivity index (χ1n) is 10.5. The van der Waals surface area contributed by atoms with Gasteiger partial charge in [0.15, 0.2) is 0 Å². The summed E-state index contributed by atoms with van der Waals surface area (Å²) in [7, 11) is -20.4. The second-order valence-electron chi connectivity index (χ2n) is 7.38. The predicted octanol–water partition coefficient (Wildman–Crippen LogP) is 3.61. The van der Waals surface area contributed by atoms with Gasteiger partial charge in [-0.2, -0.15) is 43.2 Å². The van der Waals surface area contributed by atoms with Gasteiger partial charge in [0, 0.05) is 11.5 Å². The molecule has 0 bridgehead atoms. The lowest BCUT2D eigenvalue weighted by Gasteiger charge is -2.16. The van der Waals surface area contributed by atoms with Gasteiger partial charge in [-0.05, 0) is 19.8 Å². The van der Waals surface area contributed by atoms with Crippen LogP contribution in [0.2, 0.25) is 0 Å². The van der Waals surface area contributed by atoms with Crippen molar-refractivity contribution < 1.29 is 56.2 Å². The van der Waals surface area contributed by atoms with Crippen molar-refractivity contribution in [1.29, 1.82) is 0 Å². The molecule has 0 radical (unpaired) electrons. The molecule has 2 atom stereocenters. The van der Waals surface area contributed by atoms with Crippen LogP contribution in [0.15, 0.2) is 26.3 Å². The van der Waals surface area contributed by atoms with E-state index in [2.05, 4.69) is 31.6 Å². The van der Waals surface area contributed by atoms with Crippen LogP contribution in [0.4, 0.5) is 26.3 Å². The van der Waals surface area contributed by atoms with E-state index < -0.39 is 62.4 Å². The fourth-order valence-electron chi connectivity index (χ4n) is 2.16. The van der Waals surface area contributed by atoms with E-state index in [1.54, 1.807) is 0 Å². The van der Waals surface area contributed by atoms with E-state index in [-0.39, 0.29) is 33.1 Å². The summed E-state index contributed by atoms with van der Waals surface area (Å²) in [4.78, 5) is 0. The summed E-state index contributed by atoms with van der Waals surface area (Å²) in [5.74, 6) is -1.94. The Morgan fingerprint density at radius 3 is 1.37 bits per heavy atom. The van der Waals surface area contributed by atoms with Gasteiger partial charge in [0.25, 0.3) is 0 Å². The molecule has 0 saturated heterocycles. The zero-order chi connectivity index (χ0) is 29.3. The van der Waals surface area contributed by atoms with Crippen LogP contribution in [0.3, 0.4) is 0 Å². The van der Waals surface area contributed by atoms with Gasteiger partial charge in [0.2, 0.25) is 6.33 Å². The number of alkyl halides is 6. The molecule has 0 aliphatic carbocycles. The molecule has 0 aromatic carbocycles. The zero-order valence-corrected chi connectivity index (χ0v) is 23.6. The van der Waals surface area contributed by atoms with Crippen LogP contribution in [-0.4, -0.2) is 52.3 Å². The number of sulfonamides is 2. The van der Waals surface area contributed by atoms with Gasteiger partial charge in [0.1, 0.15) is 32.2 Å². The maximum Gasteiger partial charge on any atom is 0.519 e. The quantitative estimate of drug-likeness (QED) is 0.287. The van der Waals surface area contributed by atoms with Crippen molar-refractivity contribution in [3.8, 4) is 0 Å². The van der Waals surface area contributed by atoms with Gasteiger partial charge < -0.3 is 0 Å². The third-order valence-electron chi connectivity index (χ3n) is 4.02. The molecule has 0 aliphatic rings. The Morgan fingerprint density at radius 1 is 0.789 bits per heavy atom. The third-order valence-corrected chi connectivity index (χ3v) is 12.5. The summed E-state index contributed by atoms with van der Waals surface area (Å²) in [5, 5.41) is 0. The molecule has 21 heteroatoms. The fraction of sp³-hybridized carbons (Fsp3) is 0.824. The smallest absolute Gasteiger partial charge is 0.240 e. The van der Waals surface area contributed by atoms with Crippen molar-refractivity contribution in [2.75, 3.05) is 11.5 Å². The Labute approximate surface area is 220 Å². The first kappa shape index (κ1) is 38.7. The average Bonchev–Trinajstić information content (AvgIpc) is 3.14. The highest BCUT2D eigenvalue weighted by molar-refractivity contribution is 8.12. The van der Waals surface area contributed by atoms with Crippen molar-refractivity contribution in [1.82, 2.24) is 8.69 Å². The minimum atomic E-state index is -6.40. The van der Waals surface area contributed by atoms with Crippen molar-refractivity contribution in [2.45, 2.75) is 71.4 Å². The van der Waals surface area contributed by atoms with Gasteiger partial charge in [-0.1, -0.05) is 41.7 Å². The van der Waals surface area contributed by atoms with Crippen molar-refractivity contribution in [3.05, 3.63) is 18.7 Å². The van der Waals surface area contributed by atoms with E-state index in [4.69, 9.17) is 0 Å². The Kier molecular flexibility index (Phi) is 15.1. The lowest BCUT2D eigenvalue weighted by atomic mass is 10.4. The predicted molar refractivity (Wildman–Crippen MR) is 132 cm³/mol. The Bertz CT molecular complexity index is 1260. The molecule has 1 N–H and O–H groups in total. The van der Waals surface area contributed by atoms with E-state index in [1.165, 1.54) is 18.0 Å². The topological polar surface area (TPSA) is 148 Å². The number of hydrogen-bond acceptors (Lipinski definition) is 6. The highest BCUT2D eigenvalue weighted by atomic mass is 32.3. The van der Waals surface area contributed by atoms with Gasteiger partial charge in [0.05, 0.1) is 13.6 Å². The molecule has 11 nitrogen and oxygen atoms in total. The van der Waals surface area contributed by atoms with E-state index in [0.717, 1.165) is 6.54 Å². The van der Waals surface area contributed by atoms with Crippen LogP contribution in [0.1, 0.15) is 53.9 Å². The normalized spacial score (nSPS) is 15.7. The van der Waals surface area contributed by atoms with Gasteiger partial charge in [-0.3, -0.25) is 0 Å². The lowest BCUT2D eigenvalue weighted by molar-refractivity contribution is -0.671. The first-order valence-corrected chi connectivity index (χ1v) is 16.8. The first-order chi connectivity index (χ1) is 16.6. The number of rotatable bonds is 11.